The van der Waals surface area contributed by atoms with E-state index in [-0.39, 0.29) is 31.8 Å². The first-order valence-electron chi connectivity index (χ1n) is 10.7. The zero-order valence-electron chi connectivity index (χ0n) is 19.9. The maximum Gasteiger partial charge on any atom is 0.411 e. The second-order valence-electron chi connectivity index (χ2n) is 9.88. The summed E-state index contributed by atoms with van der Waals surface area (Å²) < 4.78 is 10.4. The summed E-state index contributed by atoms with van der Waals surface area (Å²) >= 11 is 0. The van der Waals surface area contributed by atoms with Gasteiger partial charge in [-0.3, -0.25) is 19.3 Å². The van der Waals surface area contributed by atoms with E-state index in [0.29, 0.717) is 0 Å². The molecule has 0 spiro atoms. The Morgan fingerprint density at radius 2 is 1.81 bits per heavy atom. The van der Waals surface area contributed by atoms with Crippen LogP contribution in [0.4, 0.5) is 4.79 Å². The molecule has 1 saturated heterocycles. The Balaban J connectivity index is 2.38. The van der Waals surface area contributed by atoms with Crippen LogP contribution in [-0.2, 0) is 33.6 Å². The monoisotopic (exact) mass is 454 g/mol. The third-order valence-corrected chi connectivity index (χ3v) is 4.76. The molecule has 2 amide bonds. The summed E-state index contributed by atoms with van der Waals surface area (Å²) in [7, 11) is 0. The van der Waals surface area contributed by atoms with Crippen LogP contribution in [0.5, 0.6) is 0 Å². The van der Waals surface area contributed by atoms with Crippen LogP contribution in [0.2, 0.25) is 0 Å². The van der Waals surface area contributed by atoms with Crippen molar-refractivity contribution in [3.8, 4) is 0 Å². The lowest BCUT2D eigenvalue weighted by atomic mass is 9.85. The lowest BCUT2D eigenvalue weighted by molar-refractivity contribution is -0.396. The van der Waals surface area contributed by atoms with E-state index in [1.165, 1.54) is 17.1 Å². The molecular formula is C22H34N2O8. The average Bonchev–Trinajstić information content (AvgIpc) is 2.98. The molecule has 0 saturated carbocycles. The Morgan fingerprint density at radius 1 is 1.16 bits per heavy atom. The summed E-state index contributed by atoms with van der Waals surface area (Å²) in [6.45, 7) is 12.0. The molecule has 2 aliphatic rings. The zero-order chi connectivity index (χ0) is 24.3. The molecule has 10 heteroatoms. The second-order valence-corrected chi connectivity index (χ2v) is 9.88. The molecule has 1 aliphatic heterocycles. The molecule has 0 aromatic rings. The molecule has 1 N–H and O–H groups in total. The lowest BCUT2D eigenvalue weighted by Crippen LogP contribution is -2.54. The van der Waals surface area contributed by atoms with E-state index in [9.17, 15) is 19.2 Å². The fourth-order valence-corrected chi connectivity index (χ4v) is 3.53. The van der Waals surface area contributed by atoms with E-state index in [2.05, 4.69) is 5.32 Å². The van der Waals surface area contributed by atoms with Crippen LogP contribution in [0, 0.1) is 0 Å². The van der Waals surface area contributed by atoms with Crippen LogP contribution in [0.1, 0.15) is 61.3 Å². The number of hydrogen-bond acceptors (Lipinski definition) is 8. The molecular weight excluding hydrogens is 420 g/mol. The van der Waals surface area contributed by atoms with Gasteiger partial charge in [-0.2, -0.15) is 0 Å². The Kier molecular flexibility index (Phi) is 7.72. The van der Waals surface area contributed by atoms with Gasteiger partial charge >= 0.3 is 12.1 Å². The number of ether oxygens (including phenoxy) is 2. The molecule has 0 radical (unpaired) electrons. The van der Waals surface area contributed by atoms with Crippen molar-refractivity contribution >= 4 is 23.8 Å². The maximum absolute atomic E-state index is 13.1. The molecule has 180 valence electrons. The van der Waals surface area contributed by atoms with E-state index in [1.54, 1.807) is 48.5 Å². The number of hydrogen-bond donors (Lipinski definition) is 1. The van der Waals surface area contributed by atoms with Gasteiger partial charge in [0.25, 0.3) is 0 Å². The van der Waals surface area contributed by atoms with Gasteiger partial charge in [-0.05, 0) is 60.6 Å². The highest BCUT2D eigenvalue weighted by Crippen LogP contribution is 2.43. The van der Waals surface area contributed by atoms with Crippen molar-refractivity contribution in [1.29, 1.82) is 0 Å². The minimum absolute atomic E-state index is 0.0193. The topological polar surface area (TPSA) is 120 Å². The number of nitrogens with zero attached hydrogens (tertiary/aromatic N) is 1. The molecule has 10 nitrogen and oxygen atoms in total. The van der Waals surface area contributed by atoms with Gasteiger partial charge in [0.1, 0.15) is 23.8 Å². The average molecular weight is 455 g/mol. The summed E-state index contributed by atoms with van der Waals surface area (Å²) in [5, 5.41) is 2.50. The van der Waals surface area contributed by atoms with Gasteiger partial charge in [0.2, 0.25) is 5.91 Å². The number of allylic oxidation sites excluding steroid dienone is 1. The van der Waals surface area contributed by atoms with Gasteiger partial charge in [0.05, 0.1) is 18.2 Å². The second kappa shape index (κ2) is 9.58. The van der Waals surface area contributed by atoms with Crippen LogP contribution in [0.15, 0.2) is 12.2 Å². The largest absolute Gasteiger partial charge is 0.465 e. The van der Waals surface area contributed by atoms with Gasteiger partial charge in [0, 0.05) is 12.8 Å². The molecule has 1 fully saturated rings. The molecule has 3 atom stereocenters. The minimum atomic E-state index is -1.23. The predicted molar refractivity (Wildman–Crippen MR) is 113 cm³/mol. The molecule has 0 bridgehead atoms. The van der Waals surface area contributed by atoms with E-state index < -0.39 is 46.9 Å². The van der Waals surface area contributed by atoms with Crippen molar-refractivity contribution in [3.05, 3.63) is 12.2 Å². The SMILES string of the molecule is CCOC(=O)CNC(=O)[C@@H]1C[C@@]2(OOC(C)(C)C)C=CC(=O)C[C@H]2N1C(=O)OC(C)(C)C. The fraction of sp³-hybridized carbons (Fsp3) is 0.727. The van der Waals surface area contributed by atoms with Crippen molar-refractivity contribution in [2.75, 3.05) is 13.2 Å². The van der Waals surface area contributed by atoms with Crippen LogP contribution < -0.4 is 5.32 Å². The smallest absolute Gasteiger partial charge is 0.411 e. The Labute approximate surface area is 188 Å². The van der Waals surface area contributed by atoms with Crippen LogP contribution in [0.25, 0.3) is 0 Å². The number of carbonyl (C=O) groups is 4. The number of fused-ring (bicyclic) bond motifs is 1. The van der Waals surface area contributed by atoms with Gasteiger partial charge in [0.15, 0.2) is 5.78 Å². The Hall–Kier alpha value is -2.46. The summed E-state index contributed by atoms with van der Waals surface area (Å²) in [4.78, 5) is 62.7. The van der Waals surface area contributed by atoms with Crippen molar-refractivity contribution in [1.82, 2.24) is 10.2 Å². The van der Waals surface area contributed by atoms with E-state index in [0.717, 1.165) is 0 Å². The first-order chi connectivity index (χ1) is 14.7. The number of rotatable bonds is 6. The van der Waals surface area contributed by atoms with E-state index >= 15 is 0 Å². The van der Waals surface area contributed by atoms with Crippen LogP contribution in [0.3, 0.4) is 0 Å². The maximum atomic E-state index is 13.1. The first-order valence-corrected chi connectivity index (χ1v) is 10.7. The van der Waals surface area contributed by atoms with E-state index in [4.69, 9.17) is 19.2 Å². The van der Waals surface area contributed by atoms with Crippen LogP contribution >= 0.6 is 0 Å². The number of nitrogens with one attached hydrogen (secondary N) is 1. The van der Waals surface area contributed by atoms with Gasteiger partial charge in [-0.1, -0.05) is 0 Å². The first kappa shape index (κ1) is 25.8. The number of ketones is 1. The zero-order valence-corrected chi connectivity index (χ0v) is 19.9. The van der Waals surface area contributed by atoms with Crippen molar-refractivity contribution in [2.45, 2.75) is 90.2 Å². The van der Waals surface area contributed by atoms with Crippen molar-refractivity contribution in [2.24, 2.45) is 0 Å². The standard InChI is InChI=1S/C22H34N2O8/c1-8-29-17(26)13-23-18(27)15-12-22(32-31-21(5,6)7)10-9-14(25)11-16(22)24(15)19(28)30-20(2,3)4/h9-10,15-16H,8,11-13H2,1-7H3,(H,23,27)/t15-,16+,22-/m0/s1. The third kappa shape index (κ3) is 6.52. The lowest BCUT2D eigenvalue weighted by Gasteiger charge is -2.38. The number of esters is 1. The predicted octanol–water partition coefficient (Wildman–Crippen LogP) is 2.06. The molecule has 0 unspecified atom stereocenters. The molecule has 32 heavy (non-hydrogen) atoms. The highest BCUT2D eigenvalue weighted by molar-refractivity contribution is 5.94. The van der Waals surface area contributed by atoms with Gasteiger partial charge in [-0.25, -0.2) is 14.6 Å². The quantitative estimate of drug-likeness (QED) is 0.368. The molecule has 0 aromatic carbocycles. The highest BCUT2D eigenvalue weighted by atomic mass is 17.2. The van der Waals surface area contributed by atoms with Gasteiger partial charge < -0.3 is 14.8 Å². The molecule has 1 aliphatic carbocycles. The molecule has 1 heterocycles. The van der Waals surface area contributed by atoms with E-state index in [1.807, 2.05) is 0 Å². The molecule has 0 aromatic heterocycles. The van der Waals surface area contributed by atoms with Crippen LogP contribution in [-0.4, -0.2) is 70.7 Å². The van der Waals surface area contributed by atoms with Gasteiger partial charge in [-0.15, -0.1) is 0 Å². The minimum Gasteiger partial charge on any atom is -0.465 e. The van der Waals surface area contributed by atoms with Crippen molar-refractivity contribution in [3.63, 3.8) is 0 Å². The summed E-state index contributed by atoms with van der Waals surface area (Å²) in [5.74, 6) is -1.40. The number of likely N-dealkylation sites (tertiary alicyclic amines) is 1. The Bertz CT molecular complexity index is 780. The summed E-state index contributed by atoms with van der Waals surface area (Å²) in [6, 6.07) is -1.88. The number of carbonyl (C=O) groups excluding carboxylic acids is 4. The van der Waals surface area contributed by atoms with Crippen molar-refractivity contribution < 1.29 is 38.4 Å². The fourth-order valence-electron chi connectivity index (χ4n) is 3.53. The Morgan fingerprint density at radius 3 is 2.38 bits per heavy atom. The summed E-state index contributed by atoms with van der Waals surface area (Å²) in [5.41, 5.74) is -2.73. The summed E-state index contributed by atoms with van der Waals surface area (Å²) in [6.07, 6.45) is 2.10. The highest BCUT2D eigenvalue weighted by Gasteiger charge is 2.59. The number of amides is 2. The molecule has 2 rings (SSSR count). The normalized spacial score (nSPS) is 25.3. The third-order valence-electron chi connectivity index (χ3n) is 4.76.